The molecule has 1 unspecified atom stereocenters. The van der Waals surface area contributed by atoms with Crippen molar-refractivity contribution in [2.45, 2.75) is 13.0 Å². The summed E-state index contributed by atoms with van der Waals surface area (Å²) >= 11 is 0. The smallest absolute Gasteiger partial charge is 0.340 e. The molecule has 0 bridgehead atoms. The molecule has 0 aromatic heterocycles. The van der Waals surface area contributed by atoms with Crippen LogP contribution in [-0.2, 0) is 4.79 Å². The number of esters is 1. The summed E-state index contributed by atoms with van der Waals surface area (Å²) in [5, 5.41) is 18.0. The maximum atomic E-state index is 10.9. The van der Waals surface area contributed by atoms with Gasteiger partial charge in [0.05, 0.1) is 0 Å². The van der Waals surface area contributed by atoms with Crippen LogP contribution >= 0.6 is 0 Å². The second-order valence-corrected chi connectivity index (χ2v) is 2.56. The molecule has 0 aliphatic rings. The van der Waals surface area contributed by atoms with Gasteiger partial charge in [-0.1, -0.05) is 12.1 Å². The largest absolute Gasteiger partial charge is 0.504 e. The standard InChI is InChI=1S/C9H10O4/c1-6(10)9(12)13-8-5-3-2-4-7(8)11/h2-6,10-11H,1H3. The van der Waals surface area contributed by atoms with Crippen LogP contribution in [0.15, 0.2) is 24.3 Å². The lowest BCUT2D eigenvalue weighted by atomic mass is 10.3. The molecular weight excluding hydrogens is 172 g/mol. The molecule has 4 nitrogen and oxygen atoms in total. The number of hydrogen-bond acceptors (Lipinski definition) is 4. The van der Waals surface area contributed by atoms with E-state index in [1.165, 1.54) is 19.1 Å². The molecular formula is C9H10O4. The molecule has 0 amide bonds. The lowest BCUT2D eigenvalue weighted by Gasteiger charge is -2.06. The van der Waals surface area contributed by atoms with Crippen LogP contribution in [0.2, 0.25) is 0 Å². The summed E-state index contributed by atoms with van der Waals surface area (Å²) in [7, 11) is 0. The molecule has 2 N–H and O–H groups in total. The first kappa shape index (κ1) is 9.54. The number of para-hydroxylation sites is 2. The first-order valence-corrected chi connectivity index (χ1v) is 3.79. The Hall–Kier alpha value is -1.55. The van der Waals surface area contributed by atoms with Gasteiger partial charge in [0.25, 0.3) is 0 Å². The van der Waals surface area contributed by atoms with Gasteiger partial charge in [0, 0.05) is 0 Å². The molecule has 0 aliphatic carbocycles. The topological polar surface area (TPSA) is 66.8 Å². The highest BCUT2D eigenvalue weighted by atomic mass is 16.6. The molecule has 70 valence electrons. The van der Waals surface area contributed by atoms with Crippen molar-refractivity contribution in [1.82, 2.24) is 0 Å². The summed E-state index contributed by atoms with van der Waals surface area (Å²) in [5.74, 6) is -0.869. The van der Waals surface area contributed by atoms with E-state index >= 15 is 0 Å². The van der Waals surface area contributed by atoms with Crippen LogP contribution in [0, 0.1) is 0 Å². The van der Waals surface area contributed by atoms with E-state index < -0.39 is 12.1 Å². The second-order valence-electron chi connectivity index (χ2n) is 2.56. The Balaban J connectivity index is 2.75. The zero-order valence-electron chi connectivity index (χ0n) is 7.10. The van der Waals surface area contributed by atoms with Gasteiger partial charge in [0.1, 0.15) is 6.10 Å². The number of aliphatic hydroxyl groups excluding tert-OH is 1. The van der Waals surface area contributed by atoms with Gasteiger partial charge in [0.2, 0.25) is 0 Å². The van der Waals surface area contributed by atoms with Crippen molar-refractivity contribution >= 4 is 5.97 Å². The SMILES string of the molecule is CC(O)C(=O)Oc1ccccc1O. The van der Waals surface area contributed by atoms with Gasteiger partial charge < -0.3 is 14.9 Å². The van der Waals surface area contributed by atoms with Gasteiger partial charge in [-0.25, -0.2) is 4.79 Å². The molecule has 4 heteroatoms. The number of aliphatic hydroxyl groups is 1. The summed E-state index contributed by atoms with van der Waals surface area (Å²) in [4.78, 5) is 10.9. The van der Waals surface area contributed by atoms with Crippen LogP contribution in [0.5, 0.6) is 11.5 Å². The minimum atomic E-state index is -1.19. The van der Waals surface area contributed by atoms with Crippen molar-refractivity contribution in [3.63, 3.8) is 0 Å². The average Bonchev–Trinajstić information content (AvgIpc) is 2.08. The number of carbonyl (C=O) groups is 1. The Morgan fingerprint density at radius 3 is 2.62 bits per heavy atom. The van der Waals surface area contributed by atoms with Gasteiger partial charge in [-0.3, -0.25) is 0 Å². The zero-order valence-corrected chi connectivity index (χ0v) is 7.10. The van der Waals surface area contributed by atoms with E-state index in [2.05, 4.69) is 4.74 Å². The number of ether oxygens (including phenoxy) is 1. The average molecular weight is 182 g/mol. The molecule has 0 saturated carbocycles. The van der Waals surface area contributed by atoms with E-state index in [9.17, 15) is 9.90 Å². The minimum Gasteiger partial charge on any atom is -0.504 e. The van der Waals surface area contributed by atoms with Crippen LogP contribution in [0.25, 0.3) is 0 Å². The van der Waals surface area contributed by atoms with Gasteiger partial charge in [-0.15, -0.1) is 0 Å². The molecule has 13 heavy (non-hydrogen) atoms. The van der Waals surface area contributed by atoms with Gasteiger partial charge in [-0.05, 0) is 19.1 Å². The molecule has 0 radical (unpaired) electrons. The number of aromatic hydroxyl groups is 1. The molecule has 0 heterocycles. The lowest BCUT2D eigenvalue weighted by molar-refractivity contribution is -0.142. The molecule has 0 saturated heterocycles. The molecule has 0 spiro atoms. The van der Waals surface area contributed by atoms with E-state index in [-0.39, 0.29) is 11.5 Å². The summed E-state index contributed by atoms with van der Waals surface area (Å²) in [5.41, 5.74) is 0. The number of phenols is 1. The van der Waals surface area contributed by atoms with E-state index in [0.29, 0.717) is 0 Å². The van der Waals surface area contributed by atoms with Gasteiger partial charge in [0.15, 0.2) is 11.5 Å². The van der Waals surface area contributed by atoms with Crippen molar-refractivity contribution < 1.29 is 19.7 Å². The van der Waals surface area contributed by atoms with Crippen molar-refractivity contribution in [3.05, 3.63) is 24.3 Å². The van der Waals surface area contributed by atoms with Crippen LogP contribution in [0.3, 0.4) is 0 Å². The Morgan fingerprint density at radius 2 is 2.08 bits per heavy atom. The Labute approximate surface area is 75.4 Å². The Bertz CT molecular complexity index is 306. The quantitative estimate of drug-likeness (QED) is 0.521. The molecule has 1 rings (SSSR count). The van der Waals surface area contributed by atoms with Crippen LogP contribution < -0.4 is 4.74 Å². The summed E-state index contributed by atoms with van der Waals surface area (Å²) in [6, 6.07) is 6.06. The third-order valence-electron chi connectivity index (χ3n) is 1.42. The molecule has 0 aliphatic heterocycles. The predicted molar refractivity (Wildman–Crippen MR) is 45.4 cm³/mol. The number of carbonyl (C=O) groups excluding carboxylic acids is 1. The second kappa shape index (κ2) is 3.91. The van der Waals surface area contributed by atoms with Crippen molar-refractivity contribution in [1.29, 1.82) is 0 Å². The Morgan fingerprint density at radius 1 is 1.46 bits per heavy atom. The summed E-state index contributed by atoms with van der Waals surface area (Å²) in [6.45, 7) is 1.29. The monoisotopic (exact) mass is 182 g/mol. The van der Waals surface area contributed by atoms with Crippen molar-refractivity contribution in [3.8, 4) is 11.5 Å². The first-order chi connectivity index (χ1) is 6.11. The summed E-state index contributed by atoms with van der Waals surface area (Å²) < 4.78 is 4.67. The van der Waals surface area contributed by atoms with E-state index in [1.54, 1.807) is 12.1 Å². The Kier molecular flexibility index (Phi) is 2.87. The highest BCUT2D eigenvalue weighted by Crippen LogP contribution is 2.24. The fourth-order valence-corrected chi connectivity index (χ4v) is 0.737. The highest BCUT2D eigenvalue weighted by Gasteiger charge is 2.12. The summed E-state index contributed by atoms with van der Waals surface area (Å²) in [6.07, 6.45) is -1.19. The van der Waals surface area contributed by atoms with E-state index in [0.717, 1.165) is 0 Å². The van der Waals surface area contributed by atoms with Crippen molar-refractivity contribution in [2.75, 3.05) is 0 Å². The predicted octanol–water partition coefficient (Wildman–Crippen LogP) is 0.678. The maximum Gasteiger partial charge on any atom is 0.340 e. The molecule has 1 aromatic carbocycles. The van der Waals surface area contributed by atoms with Gasteiger partial charge >= 0.3 is 5.97 Å². The lowest BCUT2D eigenvalue weighted by Crippen LogP contribution is -2.22. The van der Waals surface area contributed by atoms with Gasteiger partial charge in [-0.2, -0.15) is 0 Å². The van der Waals surface area contributed by atoms with E-state index in [4.69, 9.17) is 5.11 Å². The highest BCUT2D eigenvalue weighted by molar-refractivity contribution is 5.77. The first-order valence-electron chi connectivity index (χ1n) is 3.79. The normalized spacial score (nSPS) is 12.2. The molecule has 1 atom stereocenters. The van der Waals surface area contributed by atoms with Crippen LogP contribution in [-0.4, -0.2) is 22.3 Å². The zero-order chi connectivity index (χ0) is 9.84. The number of benzene rings is 1. The fourth-order valence-electron chi connectivity index (χ4n) is 0.737. The van der Waals surface area contributed by atoms with E-state index in [1.807, 2.05) is 0 Å². The molecule has 0 fully saturated rings. The third kappa shape index (κ3) is 2.45. The minimum absolute atomic E-state index is 0.0494. The third-order valence-corrected chi connectivity index (χ3v) is 1.42. The number of phenolic OH excluding ortho intramolecular Hbond substituents is 1. The van der Waals surface area contributed by atoms with Crippen molar-refractivity contribution in [2.24, 2.45) is 0 Å². The van der Waals surface area contributed by atoms with Crippen LogP contribution in [0.4, 0.5) is 0 Å². The van der Waals surface area contributed by atoms with Crippen LogP contribution in [0.1, 0.15) is 6.92 Å². The number of hydrogen-bond donors (Lipinski definition) is 2. The molecule has 1 aromatic rings. The fraction of sp³-hybridized carbons (Fsp3) is 0.222. The maximum absolute atomic E-state index is 10.9. The number of rotatable bonds is 2.